The fraction of sp³-hybridized carbons (Fsp3) is 0.143. The van der Waals surface area contributed by atoms with E-state index >= 15 is 0 Å². The quantitative estimate of drug-likeness (QED) is 0.460. The molecule has 2 aromatic heterocycles. The van der Waals surface area contributed by atoms with Crippen LogP contribution >= 0.6 is 22.9 Å². The highest BCUT2D eigenvalue weighted by molar-refractivity contribution is 7.15. The minimum Gasteiger partial charge on any atom is -0.451 e. The van der Waals surface area contributed by atoms with E-state index in [1.807, 2.05) is 56.3 Å². The fourth-order valence-corrected chi connectivity index (χ4v) is 3.92. The molecule has 0 radical (unpaired) electrons. The SMILES string of the molecule is Cc1ccc2oc(C(=O)Nc3ncc(Cc4ccc(Cl)cc4)s3)c(C)c2c1. The van der Waals surface area contributed by atoms with Gasteiger partial charge in [0, 0.05) is 33.5 Å². The summed E-state index contributed by atoms with van der Waals surface area (Å²) in [6.45, 7) is 3.91. The number of benzene rings is 2. The van der Waals surface area contributed by atoms with Gasteiger partial charge in [-0.05, 0) is 43.7 Å². The number of furan rings is 1. The molecule has 4 aromatic rings. The first kappa shape index (κ1) is 17.8. The predicted octanol–water partition coefficient (Wildman–Crippen LogP) is 6.00. The zero-order chi connectivity index (χ0) is 19.0. The standard InChI is InChI=1S/C21H17ClN2O2S/c1-12-3-8-18-17(9-12)13(2)19(26-18)20(25)24-21-23-11-16(27-21)10-14-4-6-15(22)7-5-14/h3-9,11H,10H2,1-2H3,(H,23,24,25). The summed E-state index contributed by atoms with van der Waals surface area (Å²) in [7, 11) is 0. The zero-order valence-electron chi connectivity index (χ0n) is 14.9. The molecule has 1 N–H and O–H groups in total. The van der Waals surface area contributed by atoms with Crippen molar-refractivity contribution < 1.29 is 9.21 Å². The number of aromatic nitrogens is 1. The van der Waals surface area contributed by atoms with Crippen molar-refractivity contribution in [1.29, 1.82) is 0 Å². The van der Waals surface area contributed by atoms with Crippen LogP contribution in [-0.2, 0) is 6.42 Å². The van der Waals surface area contributed by atoms with Crippen LogP contribution in [0.2, 0.25) is 5.02 Å². The molecule has 0 saturated heterocycles. The molecule has 2 heterocycles. The van der Waals surface area contributed by atoms with Gasteiger partial charge < -0.3 is 4.42 Å². The van der Waals surface area contributed by atoms with Crippen molar-refractivity contribution in [3.63, 3.8) is 0 Å². The summed E-state index contributed by atoms with van der Waals surface area (Å²) in [5, 5.41) is 5.08. The zero-order valence-corrected chi connectivity index (χ0v) is 16.4. The highest BCUT2D eigenvalue weighted by atomic mass is 35.5. The molecule has 0 spiro atoms. The van der Waals surface area contributed by atoms with Crippen molar-refractivity contribution in [2.75, 3.05) is 5.32 Å². The van der Waals surface area contributed by atoms with Crippen molar-refractivity contribution in [2.45, 2.75) is 20.3 Å². The van der Waals surface area contributed by atoms with Gasteiger partial charge in [0.2, 0.25) is 0 Å². The van der Waals surface area contributed by atoms with Crippen LogP contribution in [0, 0.1) is 13.8 Å². The highest BCUT2D eigenvalue weighted by Gasteiger charge is 2.19. The average Bonchev–Trinajstić information content (AvgIpc) is 3.21. The molecule has 4 rings (SSSR count). The van der Waals surface area contributed by atoms with Gasteiger partial charge in [-0.1, -0.05) is 35.4 Å². The fourth-order valence-electron chi connectivity index (χ4n) is 2.96. The normalized spacial score (nSPS) is 11.1. The summed E-state index contributed by atoms with van der Waals surface area (Å²) >= 11 is 7.37. The molecule has 2 aromatic carbocycles. The second kappa shape index (κ2) is 7.18. The lowest BCUT2D eigenvalue weighted by atomic mass is 10.1. The number of carbonyl (C=O) groups excluding carboxylic acids is 1. The summed E-state index contributed by atoms with van der Waals surface area (Å²) in [5.41, 5.74) is 3.82. The number of anilines is 1. The van der Waals surface area contributed by atoms with Crippen LogP contribution in [0.4, 0.5) is 5.13 Å². The lowest BCUT2D eigenvalue weighted by Crippen LogP contribution is -2.11. The third kappa shape index (κ3) is 3.75. The van der Waals surface area contributed by atoms with Gasteiger partial charge in [-0.3, -0.25) is 10.1 Å². The van der Waals surface area contributed by atoms with E-state index in [0.29, 0.717) is 21.5 Å². The lowest BCUT2D eigenvalue weighted by molar-refractivity contribution is 0.0998. The Labute approximate surface area is 165 Å². The smallest absolute Gasteiger partial charge is 0.293 e. The number of halogens is 1. The van der Waals surface area contributed by atoms with E-state index in [0.717, 1.165) is 33.4 Å². The number of rotatable bonds is 4. The number of hydrogen-bond acceptors (Lipinski definition) is 4. The van der Waals surface area contributed by atoms with Crippen LogP contribution in [0.15, 0.2) is 53.1 Å². The van der Waals surface area contributed by atoms with Gasteiger partial charge in [0.15, 0.2) is 10.9 Å². The number of hydrogen-bond donors (Lipinski definition) is 1. The maximum absolute atomic E-state index is 12.6. The largest absolute Gasteiger partial charge is 0.451 e. The van der Waals surface area contributed by atoms with Gasteiger partial charge in [0.1, 0.15) is 5.58 Å². The first-order valence-electron chi connectivity index (χ1n) is 8.50. The van der Waals surface area contributed by atoms with Crippen LogP contribution < -0.4 is 5.32 Å². The molecule has 0 aliphatic heterocycles. The Bertz CT molecular complexity index is 1130. The van der Waals surface area contributed by atoms with Crippen LogP contribution in [0.5, 0.6) is 0 Å². The number of carbonyl (C=O) groups is 1. The van der Waals surface area contributed by atoms with Crippen molar-refractivity contribution in [1.82, 2.24) is 4.98 Å². The minimum atomic E-state index is -0.284. The van der Waals surface area contributed by atoms with Gasteiger partial charge in [0.25, 0.3) is 5.91 Å². The van der Waals surface area contributed by atoms with Gasteiger partial charge >= 0.3 is 0 Å². The van der Waals surface area contributed by atoms with Crippen molar-refractivity contribution >= 4 is 44.9 Å². The summed E-state index contributed by atoms with van der Waals surface area (Å²) in [6, 6.07) is 13.6. The van der Waals surface area contributed by atoms with Crippen molar-refractivity contribution in [3.8, 4) is 0 Å². The molecule has 6 heteroatoms. The number of thiazole rings is 1. The Hall–Kier alpha value is -2.63. The van der Waals surface area contributed by atoms with Crippen molar-refractivity contribution in [2.24, 2.45) is 0 Å². The predicted molar refractivity (Wildman–Crippen MR) is 110 cm³/mol. The van der Waals surface area contributed by atoms with Gasteiger partial charge in [-0.2, -0.15) is 0 Å². The minimum absolute atomic E-state index is 0.284. The van der Waals surface area contributed by atoms with Gasteiger partial charge in [0.05, 0.1) is 0 Å². The molecule has 0 aliphatic carbocycles. The molecule has 0 unspecified atom stereocenters. The van der Waals surface area contributed by atoms with Crippen LogP contribution in [-0.4, -0.2) is 10.9 Å². The lowest BCUT2D eigenvalue weighted by Gasteiger charge is -2.00. The molecule has 0 bridgehead atoms. The number of aryl methyl sites for hydroxylation is 2. The van der Waals surface area contributed by atoms with Gasteiger partial charge in [-0.15, -0.1) is 11.3 Å². The summed E-state index contributed by atoms with van der Waals surface area (Å²) in [5.74, 6) is 0.0406. The second-order valence-corrected chi connectivity index (χ2v) is 8.00. The Morgan fingerprint density at radius 3 is 2.74 bits per heavy atom. The van der Waals surface area contributed by atoms with Crippen LogP contribution in [0.3, 0.4) is 0 Å². The Balaban J connectivity index is 1.51. The molecule has 0 saturated carbocycles. The molecular weight excluding hydrogens is 380 g/mol. The second-order valence-electron chi connectivity index (χ2n) is 6.44. The molecular formula is C21H17ClN2O2S. The molecule has 27 heavy (non-hydrogen) atoms. The van der Waals surface area contributed by atoms with E-state index in [1.54, 1.807) is 6.20 Å². The number of nitrogens with one attached hydrogen (secondary N) is 1. The maximum Gasteiger partial charge on any atom is 0.293 e. The van der Waals surface area contributed by atoms with E-state index in [1.165, 1.54) is 11.3 Å². The molecule has 136 valence electrons. The summed E-state index contributed by atoms with van der Waals surface area (Å²) < 4.78 is 5.75. The van der Waals surface area contributed by atoms with Crippen molar-refractivity contribution in [3.05, 3.63) is 81.0 Å². The summed E-state index contributed by atoms with van der Waals surface area (Å²) in [4.78, 5) is 18.0. The maximum atomic E-state index is 12.6. The Morgan fingerprint density at radius 1 is 1.19 bits per heavy atom. The number of nitrogens with zero attached hydrogens (tertiary/aromatic N) is 1. The Kier molecular flexibility index (Phi) is 4.72. The van der Waals surface area contributed by atoms with E-state index in [4.69, 9.17) is 16.0 Å². The topological polar surface area (TPSA) is 55.1 Å². The summed E-state index contributed by atoms with van der Waals surface area (Å²) in [6.07, 6.45) is 2.53. The van der Waals surface area contributed by atoms with Crippen LogP contribution in [0.1, 0.15) is 32.1 Å². The molecule has 4 nitrogen and oxygen atoms in total. The van der Waals surface area contributed by atoms with E-state index in [-0.39, 0.29) is 5.91 Å². The monoisotopic (exact) mass is 396 g/mol. The molecule has 0 atom stereocenters. The Morgan fingerprint density at radius 2 is 1.96 bits per heavy atom. The number of fused-ring (bicyclic) bond motifs is 1. The highest BCUT2D eigenvalue weighted by Crippen LogP contribution is 2.28. The van der Waals surface area contributed by atoms with E-state index < -0.39 is 0 Å². The first-order chi connectivity index (χ1) is 13.0. The van der Waals surface area contributed by atoms with Gasteiger partial charge in [-0.25, -0.2) is 4.98 Å². The third-order valence-corrected chi connectivity index (χ3v) is 5.53. The molecule has 0 fully saturated rings. The number of amides is 1. The average molecular weight is 397 g/mol. The van der Waals surface area contributed by atoms with E-state index in [2.05, 4.69) is 10.3 Å². The molecule has 1 amide bonds. The van der Waals surface area contributed by atoms with E-state index in [9.17, 15) is 4.79 Å². The van der Waals surface area contributed by atoms with Crippen LogP contribution in [0.25, 0.3) is 11.0 Å². The third-order valence-electron chi connectivity index (χ3n) is 4.36. The first-order valence-corrected chi connectivity index (χ1v) is 9.69. The molecule has 0 aliphatic rings.